The summed E-state index contributed by atoms with van der Waals surface area (Å²) in [6.07, 6.45) is 6.54. The molecule has 2 aromatic rings. The molecule has 2 heterocycles. The minimum absolute atomic E-state index is 0.214. The highest BCUT2D eigenvalue weighted by Gasteiger charge is 2.22. The summed E-state index contributed by atoms with van der Waals surface area (Å²) in [5.74, 6) is 1.47. The maximum Gasteiger partial charge on any atom is 0.229 e. The number of H-pyrrole nitrogens is 1. The lowest BCUT2D eigenvalue weighted by Gasteiger charge is -2.27. The highest BCUT2D eigenvalue weighted by atomic mass is 16.5. The zero-order valence-electron chi connectivity index (χ0n) is 10.4. The fourth-order valence-corrected chi connectivity index (χ4v) is 2.56. The van der Waals surface area contributed by atoms with Crippen molar-refractivity contribution in [3.05, 3.63) is 6.20 Å². The van der Waals surface area contributed by atoms with Crippen LogP contribution < -0.4 is 10.5 Å². The molecule has 96 valence electrons. The van der Waals surface area contributed by atoms with E-state index < -0.39 is 0 Å². The van der Waals surface area contributed by atoms with E-state index in [-0.39, 0.29) is 12.1 Å². The highest BCUT2D eigenvalue weighted by molar-refractivity contribution is 5.80. The number of nitrogens with two attached hydrogens (primary N) is 1. The zero-order chi connectivity index (χ0) is 12.5. The number of hydrogen-bond donors (Lipinski definition) is 2. The van der Waals surface area contributed by atoms with Gasteiger partial charge in [0.05, 0.1) is 6.20 Å². The van der Waals surface area contributed by atoms with Crippen LogP contribution in [-0.4, -0.2) is 26.3 Å². The Morgan fingerprint density at radius 1 is 1.39 bits per heavy atom. The van der Waals surface area contributed by atoms with Gasteiger partial charge in [-0.2, -0.15) is 15.1 Å². The van der Waals surface area contributed by atoms with Crippen molar-refractivity contribution < 1.29 is 4.74 Å². The summed E-state index contributed by atoms with van der Waals surface area (Å²) in [7, 11) is 0. The molecule has 18 heavy (non-hydrogen) atoms. The molecule has 1 saturated carbocycles. The Morgan fingerprint density at radius 2 is 2.28 bits per heavy atom. The van der Waals surface area contributed by atoms with Gasteiger partial charge < -0.3 is 10.5 Å². The number of aromatic amines is 1. The van der Waals surface area contributed by atoms with Crippen molar-refractivity contribution in [3.8, 4) is 5.88 Å². The number of ether oxygens (including phenoxy) is 1. The van der Waals surface area contributed by atoms with Gasteiger partial charge in [0.1, 0.15) is 11.5 Å². The SMILES string of the molecule is CC1CCCC(Oc2nc(N)nc3[nH]ncc23)C1. The molecule has 6 nitrogen and oxygen atoms in total. The van der Waals surface area contributed by atoms with Crippen LogP contribution in [0.2, 0.25) is 0 Å². The number of nitrogen functional groups attached to an aromatic ring is 1. The second-order valence-corrected chi connectivity index (χ2v) is 5.03. The van der Waals surface area contributed by atoms with E-state index in [1.54, 1.807) is 6.20 Å². The smallest absolute Gasteiger partial charge is 0.229 e. The summed E-state index contributed by atoms with van der Waals surface area (Å²) in [4.78, 5) is 8.25. The van der Waals surface area contributed by atoms with E-state index in [2.05, 4.69) is 27.1 Å². The number of nitrogens with zero attached hydrogens (tertiary/aromatic N) is 3. The molecule has 2 aromatic heterocycles. The van der Waals surface area contributed by atoms with Gasteiger partial charge >= 0.3 is 0 Å². The van der Waals surface area contributed by atoms with Crippen LogP contribution in [0, 0.1) is 5.92 Å². The lowest BCUT2D eigenvalue weighted by molar-refractivity contribution is 0.126. The lowest BCUT2D eigenvalue weighted by atomic mass is 9.89. The van der Waals surface area contributed by atoms with Crippen molar-refractivity contribution in [2.24, 2.45) is 5.92 Å². The topological polar surface area (TPSA) is 89.7 Å². The number of rotatable bonds is 2. The first-order valence-electron chi connectivity index (χ1n) is 6.35. The molecular formula is C12H17N5O. The second kappa shape index (κ2) is 4.44. The van der Waals surface area contributed by atoms with E-state index in [4.69, 9.17) is 10.5 Å². The van der Waals surface area contributed by atoms with Crippen molar-refractivity contribution in [3.63, 3.8) is 0 Å². The molecule has 2 unspecified atom stereocenters. The van der Waals surface area contributed by atoms with E-state index >= 15 is 0 Å². The summed E-state index contributed by atoms with van der Waals surface area (Å²) in [6.45, 7) is 2.26. The van der Waals surface area contributed by atoms with E-state index in [0.717, 1.165) is 18.2 Å². The molecule has 0 radical (unpaired) electrons. The molecule has 0 bridgehead atoms. The maximum absolute atomic E-state index is 5.99. The Kier molecular flexibility index (Phi) is 2.77. The first kappa shape index (κ1) is 11.3. The van der Waals surface area contributed by atoms with Crippen LogP contribution >= 0.6 is 0 Å². The Morgan fingerprint density at radius 3 is 3.11 bits per heavy atom. The van der Waals surface area contributed by atoms with E-state index in [1.165, 1.54) is 12.8 Å². The minimum Gasteiger partial charge on any atom is -0.474 e. The lowest BCUT2D eigenvalue weighted by Crippen LogP contribution is -2.24. The summed E-state index contributed by atoms with van der Waals surface area (Å²) in [5.41, 5.74) is 6.29. The quantitative estimate of drug-likeness (QED) is 0.845. The molecule has 1 aliphatic rings. The summed E-state index contributed by atoms with van der Waals surface area (Å²) >= 11 is 0. The third-order valence-electron chi connectivity index (χ3n) is 3.46. The summed E-state index contributed by atoms with van der Waals surface area (Å²) in [5, 5.41) is 7.53. The standard InChI is InChI=1S/C12H17N5O/c1-7-3-2-4-8(5-7)18-11-9-6-14-17-10(9)15-12(13)16-11/h6-8H,2-5H2,1H3,(H3,13,14,15,16,17). The number of fused-ring (bicyclic) bond motifs is 1. The van der Waals surface area contributed by atoms with Crippen LogP contribution in [0.25, 0.3) is 11.0 Å². The van der Waals surface area contributed by atoms with E-state index in [1.807, 2.05) is 0 Å². The molecule has 3 rings (SSSR count). The van der Waals surface area contributed by atoms with Crippen LogP contribution in [0.4, 0.5) is 5.95 Å². The van der Waals surface area contributed by atoms with Gasteiger partial charge in [-0.1, -0.05) is 13.3 Å². The van der Waals surface area contributed by atoms with Crippen LogP contribution in [0.5, 0.6) is 5.88 Å². The molecule has 0 aromatic carbocycles. The van der Waals surface area contributed by atoms with E-state index in [9.17, 15) is 0 Å². The first-order chi connectivity index (χ1) is 8.72. The van der Waals surface area contributed by atoms with Crippen LogP contribution in [-0.2, 0) is 0 Å². The van der Waals surface area contributed by atoms with Crippen LogP contribution in [0.15, 0.2) is 6.20 Å². The first-order valence-corrected chi connectivity index (χ1v) is 6.35. The van der Waals surface area contributed by atoms with Crippen LogP contribution in [0.3, 0.4) is 0 Å². The molecule has 0 spiro atoms. The fourth-order valence-electron chi connectivity index (χ4n) is 2.56. The Labute approximate surface area is 105 Å². The van der Waals surface area contributed by atoms with Crippen molar-refractivity contribution in [2.45, 2.75) is 38.7 Å². The van der Waals surface area contributed by atoms with Crippen molar-refractivity contribution >= 4 is 17.0 Å². The normalized spacial score (nSPS) is 24.3. The third-order valence-corrected chi connectivity index (χ3v) is 3.46. The molecule has 1 fully saturated rings. The third kappa shape index (κ3) is 2.10. The molecular weight excluding hydrogens is 230 g/mol. The van der Waals surface area contributed by atoms with Crippen LogP contribution in [0.1, 0.15) is 32.6 Å². The summed E-state index contributed by atoms with van der Waals surface area (Å²) < 4.78 is 5.99. The van der Waals surface area contributed by atoms with Gasteiger partial charge in [0.2, 0.25) is 11.8 Å². The monoisotopic (exact) mass is 247 g/mol. The van der Waals surface area contributed by atoms with Gasteiger partial charge in [-0.05, 0) is 25.2 Å². The highest BCUT2D eigenvalue weighted by Crippen LogP contribution is 2.29. The molecule has 0 saturated heterocycles. The van der Waals surface area contributed by atoms with Crippen molar-refractivity contribution in [2.75, 3.05) is 5.73 Å². The fraction of sp³-hybridized carbons (Fsp3) is 0.583. The Hall–Kier alpha value is -1.85. The molecule has 0 amide bonds. The van der Waals surface area contributed by atoms with Crippen molar-refractivity contribution in [1.29, 1.82) is 0 Å². The zero-order valence-corrected chi connectivity index (χ0v) is 10.4. The van der Waals surface area contributed by atoms with Gasteiger partial charge in [0.25, 0.3) is 0 Å². The predicted molar refractivity (Wildman–Crippen MR) is 68.1 cm³/mol. The number of hydrogen-bond acceptors (Lipinski definition) is 5. The average molecular weight is 247 g/mol. The van der Waals surface area contributed by atoms with Gasteiger partial charge in [-0.25, -0.2) is 0 Å². The van der Waals surface area contributed by atoms with Gasteiger partial charge in [-0.3, -0.25) is 5.10 Å². The van der Waals surface area contributed by atoms with Crippen molar-refractivity contribution in [1.82, 2.24) is 20.2 Å². The Bertz CT molecular complexity index is 552. The second-order valence-electron chi connectivity index (χ2n) is 5.03. The molecule has 0 aliphatic heterocycles. The van der Waals surface area contributed by atoms with E-state index in [0.29, 0.717) is 17.4 Å². The average Bonchev–Trinajstić information content (AvgIpc) is 2.77. The van der Waals surface area contributed by atoms with Gasteiger partial charge in [-0.15, -0.1) is 0 Å². The molecule has 6 heteroatoms. The minimum atomic E-state index is 0.214. The number of nitrogens with one attached hydrogen (secondary N) is 1. The largest absolute Gasteiger partial charge is 0.474 e. The maximum atomic E-state index is 5.99. The molecule has 1 aliphatic carbocycles. The predicted octanol–water partition coefficient (Wildman–Crippen LogP) is 1.89. The van der Waals surface area contributed by atoms with Gasteiger partial charge in [0, 0.05) is 0 Å². The Balaban J connectivity index is 1.87. The number of aromatic nitrogens is 4. The summed E-state index contributed by atoms with van der Waals surface area (Å²) in [6, 6.07) is 0. The van der Waals surface area contributed by atoms with Gasteiger partial charge in [0.15, 0.2) is 5.65 Å². The molecule has 2 atom stereocenters. The number of anilines is 1. The molecule has 3 N–H and O–H groups in total.